The maximum atomic E-state index is 12.8. The zero-order chi connectivity index (χ0) is 18.3. The summed E-state index contributed by atoms with van der Waals surface area (Å²) >= 11 is 6.16. The maximum absolute atomic E-state index is 12.8. The normalized spacial score (nSPS) is 12.4. The van der Waals surface area contributed by atoms with Crippen LogP contribution in [0, 0.1) is 0 Å². The van der Waals surface area contributed by atoms with Crippen LogP contribution in [-0.4, -0.2) is 10.5 Å². The van der Waals surface area contributed by atoms with Crippen molar-refractivity contribution in [3.63, 3.8) is 0 Å². The van der Waals surface area contributed by atoms with Crippen LogP contribution in [0.5, 0.6) is 0 Å². The molecule has 4 rings (SSSR count). The minimum absolute atomic E-state index is 0.0345. The lowest BCUT2D eigenvalue weighted by molar-refractivity contribution is -0.117. The number of fused-ring (bicyclic) bond motifs is 2. The summed E-state index contributed by atoms with van der Waals surface area (Å²) in [6.45, 7) is 1.92. The number of aryl methyl sites for hydroxylation is 1. The number of hydrogen-bond donors (Lipinski definition) is 1. The molecule has 0 aliphatic rings. The molecule has 26 heavy (non-hydrogen) atoms. The fourth-order valence-corrected chi connectivity index (χ4v) is 3.57. The quantitative estimate of drug-likeness (QED) is 0.496. The predicted octanol–water partition coefficient (Wildman–Crippen LogP) is 5.73. The predicted molar refractivity (Wildman–Crippen MR) is 109 cm³/mol. The number of aromatic nitrogens is 1. The number of carbonyl (C=O) groups is 1. The molecule has 0 aliphatic carbocycles. The van der Waals surface area contributed by atoms with Crippen LogP contribution in [0.3, 0.4) is 0 Å². The Morgan fingerprint density at radius 2 is 1.81 bits per heavy atom. The minimum Gasteiger partial charge on any atom is -0.350 e. The fraction of sp³-hybridized carbons (Fsp3) is 0.136. The molecule has 1 N–H and O–H groups in total. The van der Waals surface area contributed by atoms with Gasteiger partial charge in [0.05, 0.1) is 5.92 Å². The van der Waals surface area contributed by atoms with Gasteiger partial charge >= 0.3 is 0 Å². The average Bonchev–Trinajstić information content (AvgIpc) is 2.96. The first-order chi connectivity index (χ1) is 12.5. The summed E-state index contributed by atoms with van der Waals surface area (Å²) in [5.41, 5.74) is 2.84. The summed E-state index contributed by atoms with van der Waals surface area (Å²) in [6, 6.07) is 19.8. The van der Waals surface area contributed by atoms with E-state index in [4.69, 9.17) is 11.6 Å². The molecule has 0 saturated heterocycles. The van der Waals surface area contributed by atoms with Crippen LogP contribution in [0.25, 0.3) is 21.7 Å². The Morgan fingerprint density at radius 1 is 1.04 bits per heavy atom. The second-order valence-electron chi connectivity index (χ2n) is 6.63. The standard InChI is InChI=1S/C22H19ClN2O/c1-14(20-13-25(2)21-10-8-17(23)12-19(20)21)22(26)24-18-9-7-15-5-3-4-6-16(15)11-18/h3-14H,1-2H3,(H,24,26). The van der Waals surface area contributed by atoms with Gasteiger partial charge in [0.2, 0.25) is 5.91 Å². The van der Waals surface area contributed by atoms with Crippen LogP contribution in [0.2, 0.25) is 5.02 Å². The molecule has 0 bridgehead atoms. The molecule has 1 heterocycles. The Morgan fingerprint density at radius 3 is 2.62 bits per heavy atom. The third-order valence-electron chi connectivity index (χ3n) is 4.86. The molecule has 3 nitrogen and oxygen atoms in total. The Kier molecular flexibility index (Phi) is 4.17. The van der Waals surface area contributed by atoms with Crippen molar-refractivity contribution in [2.24, 2.45) is 7.05 Å². The third kappa shape index (κ3) is 2.95. The van der Waals surface area contributed by atoms with Gasteiger partial charge in [-0.1, -0.05) is 41.9 Å². The van der Waals surface area contributed by atoms with E-state index < -0.39 is 0 Å². The highest BCUT2D eigenvalue weighted by molar-refractivity contribution is 6.31. The van der Waals surface area contributed by atoms with Crippen molar-refractivity contribution in [2.75, 3.05) is 5.32 Å². The minimum atomic E-state index is -0.288. The zero-order valence-corrected chi connectivity index (χ0v) is 15.4. The van der Waals surface area contributed by atoms with Crippen LogP contribution in [-0.2, 0) is 11.8 Å². The molecule has 0 aliphatic heterocycles. The summed E-state index contributed by atoms with van der Waals surface area (Å²) in [5, 5.41) is 6.99. The molecule has 1 aromatic heterocycles. The molecular formula is C22H19ClN2O. The number of amides is 1. The number of hydrogen-bond acceptors (Lipinski definition) is 1. The Hall–Kier alpha value is -2.78. The van der Waals surface area contributed by atoms with Crippen LogP contribution < -0.4 is 5.32 Å². The first-order valence-electron chi connectivity index (χ1n) is 8.57. The fourth-order valence-electron chi connectivity index (χ4n) is 3.40. The lowest BCUT2D eigenvalue weighted by atomic mass is 9.99. The van der Waals surface area contributed by atoms with Gasteiger partial charge in [-0.05, 0) is 53.6 Å². The number of nitrogens with one attached hydrogen (secondary N) is 1. The van der Waals surface area contributed by atoms with Gasteiger partial charge in [-0.3, -0.25) is 4.79 Å². The summed E-state index contributed by atoms with van der Waals surface area (Å²) in [6.07, 6.45) is 2.01. The second kappa shape index (κ2) is 6.50. The highest BCUT2D eigenvalue weighted by atomic mass is 35.5. The molecule has 130 valence electrons. The van der Waals surface area contributed by atoms with Crippen molar-refractivity contribution >= 4 is 44.9 Å². The number of rotatable bonds is 3. The SMILES string of the molecule is CC(C(=O)Nc1ccc2ccccc2c1)c1cn(C)c2ccc(Cl)cc12. The first kappa shape index (κ1) is 16.7. The van der Waals surface area contributed by atoms with E-state index in [9.17, 15) is 4.79 Å². The number of benzene rings is 3. The van der Waals surface area contributed by atoms with Gasteiger partial charge in [-0.25, -0.2) is 0 Å². The van der Waals surface area contributed by atoms with Crippen molar-refractivity contribution in [2.45, 2.75) is 12.8 Å². The largest absolute Gasteiger partial charge is 0.350 e. The van der Waals surface area contributed by atoms with E-state index in [2.05, 4.69) is 11.4 Å². The summed E-state index contributed by atoms with van der Waals surface area (Å²) < 4.78 is 2.03. The summed E-state index contributed by atoms with van der Waals surface area (Å²) in [4.78, 5) is 12.8. The lowest BCUT2D eigenvalue weighted by Crippen LogP contribution is -2.18. The van der Waals surface area contributed by atoms with Gasteiger partial charge in [0, 0.05) is 34.9 Å². The topological polar surface area (TPSA) is 34.0 Å². The Labute approximate surface area is 157 Å². The lowest BCUT2D eigenvalue weighted by Gasteiger charge is -2.12. The molecule has 3 aromatic carbocycles. The highest BCUT2D eigenvalue weighted by Crippen LogP contribution is 2.30. The molecule has 0 radical (unpaired) electrons. The van der Waals surface area contributed by atoms with Crippen LogP contribution in [0.4, 0.5) is 5.69 Å². The molecule has 0 fully saturated rings. The van der Waals surface area contributed by atoms with E-state index in [1.165, 1.54) is 0 Å². The van der Waals surface area contributed by atoms with E-state index in [0.29, 0.717) is 5.02 Å². The van der Waals surface area contributed by atoms with Crippen molar-refractivity contribution in [1.29, 1.82) is 0 Å². The maximum Gasteiger partial charge on any atom is 0.231 e. The van der Waals surface area contributed by atoms with Crippen LogP contribution >= 0.6 is 11.6 Å². The van der Waals surface area contributed by atoms with Crippen molar-refractivity contribution < 1.29 is 4.79 Å². The highest BCUT2D eigenvalue weighted by Gasteiger charge is 2.20. The third-order valence-corrected chi connectivity index (χ3v) is 5.09. The second-order valence-corrected chi connectivity index (χ2v) is 7.07. The van der Waals surface area contributed by atoms with Gasteiger partial charge < -0.3 is 9.88 Å². The summed E-state index contributed by atoms with van der Waals surface area (Å²) in [5.74, 6) is -0.323. The van der Waals surface area contributed by atoms with E-state index >= 15 is 0 Å². The monoisotopic (exact) mass is 362 g/mol. The molecule has 4 heteroatoms. The first-order valence-corrected chi connectivity index (χ1v) is 8.95. The van der Waals surface area contributed by atoms with Crippen molar-refractivity contribution in [3.8, 4) is 0 Å². The molecule has 0 spiro atoms. The summed E-state index contributed by atoms with van der Waals surface area (Å²) in [7, 11) is 1.98. The van der Waals surface area contributed by atoms with Crippen LogP contribution in [0.1, 0.15) is 18.4 Å². The van der Waals surface area contributed by atoms with Gasteiger partial charge in [0.1, 0.15) is 0 Å². The molecule has 1 unspecified atom stereocenters. The molecule has 4 aromatic rings. The Balaban J connectivity index is 1.64. The van der Waals surface area contributed by atoms with Gasteiger partial charge in [0.15, 0.2) is 0 Å². The number of anilines is 1. The molecule has 0 saturated carbocycles. The Bertz CT molecular complexity index is 1130. The smallest absolute Gasteiger partial charge is 0.231 e. The number of nitrogens with zero attached hydrogens (tertiary/aromatic N) is 1. The van der Waals surface area contributed by atoms with Gasteiger partial charge in [-0.15, -0.1) is 0 Å². The molecule has 1 atom stereocenters. The van der Waals surface area contributed by atoms with E-state index in [-0.39, 0.29) is 11.8 Å². The van der Waals surface area contributed by atoms with Crippen LogP contribution in [0.15, 0.2) is 66.9 Å². The van der Waals surface area contributed by atoms with Crippen molar-refractivity contribution in [1.82, 2.24) is 4.57 Å². The number of carbonyl (C=O) groups excluding carboxylic acids is 1. The van der Waals surface area contributed by atoms with E-state index in [1.54, 1.807) is 0 Å². The van der Waals surface area contributed by atoms with E-state index in [0.717, 1.165) is 32.9 Å². The van der Waals surface area contributed by atoms with Crippen molar-refractivity contribution in [3.05, 3.63) is 77.4 Å². The zero-order valence-electron chi connectivity index (χ0n) is 14.7. The van der Waals surface area contributed by atoms with Gasteiger partial charge in [0.25, 0.3) is 0 Å². The van der Waals surface area contributed by atoms with E-state index in [1.807, 2.05) is 79.3 Å². The average molecular weight is 363 g/mol. The number of halogens is 1. The molecule has 1 amide bonds. The molecular weight excluding hydrogens is 344 g/mol. The van der Waals surface area contributed by atoms with Gasteiger partial charge in [-0.2, -0.15) is 0 Å².